The highest BCUT2D eigenvalue weighted by atomic mass is 32.2. The van der Waals surface area contributed by atoms with Gasteiger partial charge in [-0.25, -0.2) is 13.1 Å². The standard InChI is InChI=1S/C11H15NO3S/c1-8-4-10(13)6-11(5-8)16(14,15)12-7-9-2-3-9/h4-6,9,12-13H,2-3,7H2,1H3. The molecule has 0 bridgehead atoms. The van der Waals surface area contributed by atoms with Gasteiger partial charge in [0.2, 0.25) is 10.0 Å². The van der Waals surface area contributed by atoms with Gasteiger partial charge in [-0.2, -0.15) is 0 Å². The van der Waals surface area contributed by atoms with E-state index in [2.05, 4.69) is 4.72 Å². The summed E-state index contributed by atoms with van der Waals surface area (Å²) < 4.78 is 26.2. The maximum absolute atomic E-state index is 11.8. The van der Waals surface area contributed by atoms with Crippen molar-refractivity contribution in [2.75, 3.05) is 6.54 Å². The second-order valence-electron chi connectivity index (χ2n) is 4.30. The van der Waals surface area contributed by atoms with Crippen LogP contribution in [0.3, 0.4) is 0 Å². The third-order valence-electron chi connectivity index (χ3n) is 2.60. The van der Waals surface area contributed by atoms with Crippen molar-refractivity contribution in [2.24, 2.45) is 5.92 Å². The van der Waals surface area contributed by atoms with Crippen molar-refractivity contribution in [1.29, 1.82) is 0 Å². The Bertz CT molecular complexity index is 472. The molecule has 0 spiro atoms. The van der Waals surface area contributed by atoms with Gasteiger partial charge in [-0.05, 0) is 49.4 Å². The molecule has 0 amide bonds. The van der Waals surface area contributed by atoms with E-state index in [4.69, 9.17) is 0 Å². The number of rotatable bonds is 4. The van der Waals surface area contributed by atoms with Crippen LogP contribution in [0.5, 0.6) is 5.75 Å². The Balaban J connectivity index is 2.19. The molecule has 0 radical (unpaired) electrons. The molecule has 1 aliphatic rings. The fourth-order valence-corrected chi connectivity index (χ4v) is 2.76. The molecule has 1 fully saturated rings. The van der Waals surface area contributed by atoms with Gasteiger partial charge < -0.3 is 5.11 Å². The van der Waals surface area contributed by atoms with Gasteiger partial charge in [-0.3, -0.25) is 0 Å². The number of phenols is 1. The third-order valence-corrected chi connectivity index (χ3v) is 4.01. The molecule has 0 aromatic heterocycles. The van der Waals surface area contributed by atoms with Crippen molar-refractivity contribution in [2.45, 2.75) is 24.7 Å². The molecule has 1 aliphatic carbocycles. The monoisotopic (exact) mass is 241 g/mol. The number of hydrogen-bond donors (Lipinski definition) is 2. The van der Waals surface area contributed by atoms with E-state index in [0.717, 1.165) is 18.4 Å². The first kappa shape index (κ1) is 11.4. The van der Waals surface area contributed by atoms with Crippen molar-refractivity contribution in [1.82, 2.24) is 4.72 Å². The molecule has 0 heterocycles. The average Bonchev–Trinajstić information content (AvgIpc) is 2.96. The van der Waals surface area contributed by atoms with Crippen molar-refractivity contribution in [3.05, 3.63) is 23.8 Å². The Hall–Kier alpha value is -1.07. The summed E-state index contributed by atoms with van der Waals surface area (Å²) in [4.78, 5) is 0.130. The fraction of sp³-hybridized carbons (Fsp3) is 0.455. The lowest BCUT2D eigenvalue weighted by Crippen LogP contribution is -2.25. The summed E-state index contributed by atoms with van der Waals surface area (Å²) in [5.74, 6) is 0.472. The Morgan fingerprint density at radius 1 is 1.38 bits per heavy atom. The molecule has 2 N–H and O–H groups in total. The first-order valence-electron chi connectivity index (χ1n) is 5.28. The summed E-state index contributed by atoms with van der Waals surface area (Å²) in [6.07, 6.45) is 2.20. The maximum atomic E-state index is 11.8. The molecule has 0 aliphatic heterocycles. The SMILES string of the molecule is Cc1cc(O)cc(S(=O)(=O)NCC2CC2)c1. The highest BCUT2D eigenvalue weighted by Crippen LogP contribution is 2.28. The van der Waals surface area contributed by atoms with Crippen LogP contribution in [0.4, 0.5) is 0 Å². The Labute approximate surface area is 95.4 Å². The molecule has 16 heavy (non-hydrogen) atoms. The van der Waals surface area contributed by atoms with Gasteiger partial charge in [0, 0.05) is 6.54 Å². The molecule has 1 aromatic rings. The van der Waals surface area contributed by atoms with E-state index in [1.165, 1.54) is 12.1 Å². The van der Waals surface area contributed by atoms with E-state index in [1.807, 2.05) is 0 Å². The van der Waals surface area contributed by atoms with Gasteiger partial charge in [0.25, 0.3) is 0 Å². The smallest absolute Gasteiger partial charge is 0.240 e. The molecule has 5 heteroatoms. The summed E-state index contributed by atoms with van der Waals surface area (Å²) in [7, 11) is -3.47. The molecule has 0 unspecified atom stereocenters. The van der Waals surface area contributed by atoms with Crippen LogP contribution in [-0.4, -0.2) is 20.1 Å². The zero-order chi connectivity index (χ0) is 11.8. The first-order chi connectivity index (χ1) is 7.47. The molecule has 2 rings (SSSR count). The van der Waals surface area contributed by atoms with Gasteiger partial charge >= 0.3 is 0 Å². The number of hydrogen-bond acceptors (Lipinski definition) is 3. The normalized spacial score (nSPS) is 16.3. The first-order valence-corrected chi connectivity index (χ1v) is 6.76. The lowest BCUT2D eigenvalue weighted by atomic mass is 10.2. The lowest BCUT2D eigenvalue weighted by molar-refractivity contribution is 0.472. The van der Waals surface area contributed by atoms with Crippen molar-refractivity contribution >= 4 is 10.0 Å². The summed E-state index contributed by atoms with van der Waals surface area (Å²) in [6.45, 7) is 2.25. The summed E-state index contributed by atoms with van der Waals surface area (Å²) in [5.41, 5.74) is 0.729. The summed E-state index contributed by atoms with van der Waals surface area (Å²) in [5, 5.41) is 9.35. The highest BCUT2D eigenvalue weighted by Gasteiger charge is 2.24. The van der Waals surface area contributed by atoms with Crippen molar-refractivity contribution in [3.63, 3.8) is 0 Å². The lowest BCUT2D eigenvalue weighted by Gasteiger charge is -2.07. The zero-order valence-electron chi connectivity index (χ0n) is 9.10. The number of benzene rings is 1. The molecule has 4 nitrogen and oxygen atoms in total. The Kier molecular flexibility index (Phi) is 2.90. The zero-order valence-corrected chi connectivity index (χ0v) is 9.92. The predicted molar refractivity (Wildman–Crippen MR) is 60.8 cm³/mol. The van der Waals surface area contributed by atoms with E-state index in [0.29, 0.717) is 12.5 Å². The number of phenolic OH excluding ortho intramolecular Hbond substituents is 1. The van der Waals surface area contributed by atoms with Gasteiger partial charge in [0.1, 0.15) is 5.75 Å². The van der Waals surface area contributed by atoms with Crippen LogP contribution in [0.25, 0.3) is 0 Å². The Morgan fingerprint density at radius 2 is 2.06 bits per heavy atom. The number of aryl methyl sites for hydroxylation is 1. The van der Waals surface area contributed by atoms with Crippen LogP contribution in [0, 0.1) is 12.8 Å². The van der Waals surface area contributed by atoms with Gasteiger partial charge in [0.05, 0.1) is 4.90 Å². The van der Waals surface area contributed by atoms with E-state index >= 15 is 0 Å². The molecule has 88 valence electrons. The fourth-order valence-electron chi connectivity index (χ4n) is 1.52. The Morgan fingerprint density at radius 3 is 2.62 bits per heavy atom. The van der Waals surface area contributed by atoms with E-state index < -0.39 is 10.0 Å². The molecule has 1 saturated carbocycles. The predicted octanol–water partition coefficient (Wildman–Crippen LogP) is 1.39. The van der Waals surface area contributed by atoms with Crippen LogP contribution >= 0.6 is 0 Å². The summed E-state index contributed by atoms with van der Waals surface area (Å²) in [6, 6.07) is 4.34. The molecule has 0 atom stereocenters. The maximum Gasteiger partial charge on any atom is 0.240 e. The second kappa shape index (κ2) is 4.07. The largest absolute Gasteiger partial charge is 0.508 e. The summed E-state index contributed by atoms with van der Waals surface area (Å²) >= 11 is 0. The quantitative estimate of drug-likeness (QED) is 0.837. The van der Waals surface area contributed by atoms with Gasteiger partial charge in [-0.15, -0.1) is 0 Å². The minimum absolute atomic E-state index is 0.0215. The number of nitrogens with one attached hydrogen (secondary N) is 1. The van der Waals surface area contributed by atoms with E-state index in [9.17, 15) is 13.5 Å². The van der Waals surface area contributed by atoms with E-state index in [1.54, 1.807) is 13.0 Å². The highest BCUT2D eigenvalue weighted by molar-refractivity contribution is 7.89. The van der Waals surface area contributed by atoms with Crippen molar-refractivity contribution < 1.29 is 13.5 Å². The second-order valence-corrected chi connectivity index (χ2v) is 6.07. The third kappa shape index (κ3) is 2.74. The van der Waals surface area contributed by atoms with Gasteiger partial charge in [0.15, 0.2) is 0 Å². The molecule has 0 saturated heterocycles. The molecule has 1 aromatic carbocycles. The average molecular weight is 241 g/mol. The topological polar surface area (TPSA) is 66.4 Å². The number of aromatic hydroxyl groups is 1. The minimum Gasteiger partial charge on any atom is -0.508 e. The minimum atomic E-state index is -3.47. The van der Waals surface area contributed by atoms with Crippen molar-refractivity contribution in [3.8, 4) is 5.75 Å². The number of sulfonamides is 1. The molecular weight excluding hydrogens is 226 g/mol. The van der Waals surface area contributed by atoms with Crippen LogP contribution in [0.1, 0.15) is 18.4 Å². The van der Waals surface area contributed by atoms with Crippen LogP contribution in [-0.2, 0) is 10.0 Å². The molecular formula is C11H15NO3S. The van der Waals surface area contributed by atoms with Crippen LogP contribution < -0.4 is 4.72 Å². The van der Waals surface area contributed by atoms with E-state index in [-0.39, 0.29) is 10.6 Å². The van der Waals surface area contributed by atoms with Gasteiger partial charge in [-0.1, -0.05) is 0 Å². The van der Waals surface area contributed by atoms with Crippen LogP contribution in [0.15, 0.2) is 23.1 Å². The van der Waals surface area contributed by atoms with Crippen LogP contribution in [0.2, 0.25) is 0 Å².